The summed E-state index contributed by atoms with van der Waals surface area (Å²) in [7, 11) is 0. The van der Waals surface area contributed by atoms with Crippen molar-refractivity contribution in [1.82, 2.24) is 5.32 Å². The van der Waals surface area contributed by atoms with Gasteiger partial charge in [-0.3, -0.25) is 4.79 Å². The van der Waals surface area contributed by atoms with Crippen LogP contribution in [0.5, 0.6) is 0 Å². The van der Waals surface area contributed by atoms with E-state index in [9.17, 15) is 30.0 Å². The second-order valence-electron chi connectivity index (χ2n) is 6.44. The summed E-state index contributed by atoms with van der Waals surface area (Å²) in [5.74, 6) is -5.17. The van der Waals surface area contributed by atoms with Crippen molar-refractivity contribution >= 4 is 11.9 Å². The lowest BCUT2D eigenvalue weighted by molar-refractivity contribution is -0.295. The molecule has 2 unspecified atom stereocenters. The Kier molecular flexibility index (Phi) is 6.87. The molecule has 1 heterocycles. The number of benzene rings is 1. The van der Waals surface area contributed by atoms with E-state index in [-0.39, 0.29) is 6.42 Å². The van der Waals surface area contributed by atoms with Crippen molar-refractivity contribution in [3.05, 3.63) is 35.9 Å². The fraction of sp³-hybridized carbons (Fsp3) is 0.529. The van der Waals surface area contributed by atoms with Crippen molar-refractivity contribution in [2.45, 2.75) is 49.1 Å². The maximum Gasteiger partial charge on any atom is 0.364 e. The van der Waals surface area contributed by atoms with Crippen LogP contribution in [0.3, 0.4) is 0 Å². The van der Waals surface area contributed by atoms with Crippen molar-refractivity contribution in [3.8, 4) is 0 Å². The molecule has 1 aliphatic rings. The molecule has 0 bridgehead atoms. The molecule has 1 saturated heterocycles. The molecule has 0 radical (unpaired) electrons. The zero-order valence-corrected chi connectivity index (χ0v) is 14.3. The molecule has 0 aliphatic carbocycles. The van der Waals surface area contributed by atoms with Crippen LogP contribution in [0.15, 0.2) is 30.3 Å². The maximum absolute atomic E-state index is 12.3. The molecule has 1 amide bonds. The lowest BCUT2D eigenvalue weighted by atomic mass is 9.88. The van der Waals surface area contributed by atoms with Crippen LogP contribution in [0, 0.1) is 0 Å². The topological polar surface area (TPSA) is 177 Å². The summed E-state index contributed by atoms with van der Waals surface area (Å²) in [5, 5.41) is 60.7. The van der Waals surface area contributed by atoms with Gasteiger partial charge in [0.1, 0.15) is 18.3 Å². The third-order valence-electron chi connectivity index (χ3n) is 4.37. The molecular weight excluding hydrogens is 362 g/mol. The van der Waals surface area contributed by atoms with E-state index in [4.69, 9.17) is 14.9 Å². The van der Waals surface area contributed by atoms with Gasteiger partial charge in [-0.25, -0.2) is 4.79 Å². The maximum atomic E-state index is 12.3. The number of rotatable bonds is 7. The first-order valence-electron chi connectivity index (χ1n) is 8.30. The largest absolute Gasteiger partial charge is 0.477 e. The number of aliphatic hydroxyl groups is 5. The molecule has 1 aromatic rings. The van der Waals surface area contributed by atoms with Gasteiger partial charge in [-0.2, -0.15) is 0 Å². The Morgan fingerprint density at radius 3 is 2.44 bits per heavy atom. The van der Waals surface area contributed by atoms with Crippen molar-refractivity contribution in [2.75, 3.05) is 6.61 Å². The molecule has 0 aromatic heterocycles. The van der Waals surface area contributed by atoms with Gasteiger partial charge < -0.3 is 40.7 Å². The Hall–Kier alpha value is -2.08. The molecule has 10 nitrogen and oxygen atoms in total. The van der Waals surface area contributed by atoms with E-state index in [1.807, 2.05) is 0 Å². The monoisotopic (exact) mass is 385 g/mol. The van der Waals surface area contributed by atoms with Gasteiger partial charge in [-0.05, 0) is 5.56 Å². The normalized spacial score (nSPS) is 30.3. The molecule has 1 aromatic carbocycles. The van der Waals surface area contributed by atoms with Gasteiger partial charge in [0, 0.05) is 6.42 Å². The third kappa shape index (κ3) is 5.01. The number of ether oxygens (including phenoxy) is 1. The fourth-order valence-electron chi connectivity index (χ4n) is 2.92. The molecule has 1 aliphatic heterocycles. The Labute approximate surface area is 154 Å². The number of carbonyl (C=O) groups is 2. The van der Waals surface area contributed by atoms with Crippen LogP contribution in [0.2, 0.25) is 0 Å². The quantitative estimate of drug-likeness (QED) is 0.264. The number of hydrogen-bond donors (Lipinski definition) is 7. The average Bonchev–Trinajstić information content (AvgIpc) is 2.63. The SMILES string of the molecule is O=C(Cc1ccccc1)N[C@@H]1C(O)C[C@](O)(C(=O)O)OC1[C@H](O)[C@H](O)CO. The van der Waals surface area contributed by atoms with Gasteiger partial charge in [-0.1, -0.05) is 30.3 Å². The molecule has 10 heteroatoms. The highest BCUT2D eigenvalue weighted by Crippen LogP contribution is 2.30. The zero-order chi connectivity index (χ0) is 20.2. The summed E-state index contributed by atoms with van der Waals surface area (Å²) in [6.45, 7) is -0.882. The van der Waals surface area contributed by atoms with Crippen molar-refractivity contribution < 1.29 is 45.0 Å². The lowest BCUT2D eigenvalue weighted by Gasteiger charge is -2.44. The Bertz CT molecular complexity index is 655. The van der Waals surface area contributed by atoms with Gasteiger partial charge >= 0.3 is 5.97 Å². The summed E-state index contributed by atoms with van der Waals surface area (Å²) in [5.41, 5.74) is 0.677. The summed E-state index contributed by atoms with van der Waals surface area (Å²) in [6.07, 6.45) is -7.72. The summed E-state index contributed by atoms with van der Waals surface area (Å²) in [6, 6.07) is 7.33. The van der Waals surface area contributed by atoms with E-state index in [1.54, 1.807) is 30.3 Å². The van der Waals surface area contributed by atoms with Crippen LogP contribution < -0.4 is 5.32 Å². The Morgan fingerprint density at radius 2 is 1.89 bits per heavy atom. The molecule has 1 fully saturated rings. The van der Waals surface area contributed by atoms with Crippen molar-refractivity contribution in [2.24, 2.45) is 0 Å². The smallest absolute Gasteiger partial charge is 0.364 e. The highest BCUT2D eigenvalue weighted by Gasteiger charge is 2.53. The van der Waals surface area contributed by atoms with Gasteiger partial charge in [-0.15, -0.1) is 0 Å². The van der Waals surface area contributed by atoms with Crippen LogP contribution in [0.1, 0.15) is 12.0 Å². The Balaban J connectivity index is 2.19. The first-order chi connectivity index (χ1) is 12.7. The standard InChI is InChI=1S/C17H23NO9/c19-8-11(21)14(23)15-13(10(20)7-17(26,27-15)16(24)25)18-12(22)6-9-4-2-1-3-5-9/h1-5,10-11,13-15,19-21,23,26H,6-8H2,(H,18,22)(H,24,25)/t10?,11-,13-,14-,15?,17-/m1/s1. The molecule has 27 heavy (non-hydrogen) atoms. The van der Waals surface area contributed by atoms with E-state index in [1.165, 1.54) is 0 Å². The number of carboxylic acid groups (broad SMARTS) is 1. The molecule has 7 N–H and O–H groups in total. The third-order valence-corrected chi connectivity index (χ3v) is 4.37. The van der Waals surface area contributed by atoms with Gasteiger partial charge in [0.25, 0.3) is 5.79 Å². The lowest BCUT2D eigenvalue weighted by Crippen LogP contribution is -2.67. The van der Waals surface area contributed by atoms with Crippen LogP contribution >= 0.6 is 0 Å². The first-order valence-corrected chi connectivity index (χ1v) is 8.30. The number of aliphatic carboxylic acids is 1. The van der Waals surface area contributed by atoms with E-state index in [2.05, 4.69) is 5.32 Å². The predicted octanol–water partition coefficient (Wildman–Crippen LogP) is -2.65. The number of carbonyl (C=O) groups excluding carboxylic acids is 1. The second-order valence-corrected chi connectivity index (χ2v) is 6.44. The number of nitrogens with one attached hydrogen (secondary N) is 1. The molecule has 0 spiro atoms. The highest BCUT2D eigenvalue weighted by molar-refractivity contribution is 5.79. The minimum atomic E-state index is -2.82. The number of carboxylic acids is 1. The molecule has 0 saturated carbocycles. The van der Waals surface area contributed by atoms with Gasteiger partial charge in [0.15, 0.2) is 0 Å². The number of hydrogen-bond acceptors (Lipinski definition) is 8. The predicted molar refractivity (Wildman–Crippen MR) is 89.3 cm³/mol. The van der Waals surface area contributed by atoms with E-state index in [0.717, 1.165) is 0 Å². The molecule has 150 valence electrons. The molecular formula is C17H23NO9. The minimum absolute atomic E-state index is 0.0569. The molecule has 2 rings (SSSR count). The summed E-state index contributed by atoms with van der Waals surface area (Å²) >= 11 is 0. The summed E-state index contributed by atoms with van der Waals surface area (Å²) in [4.78, 5) is 23.5. The van der Waals surface area contributed by atoms with Crippen LogP contribution in [0.25, 0.3) is 0 Å². The van der Waals surface area contributed by atoms with Gasteiger partial charge in [0.05, 0.1) is 25.2 Å². The first kappa shape index (κ1) is 21.2. The fourth-order valence-corrected chi connectivity index (χ4v) is 2.92. The van der Waals surface area contributed by atoms with Crippen LogP contribution in [-0.2, 0) is 20.7 Å². The van der Waals surface area contributed by atoms with E-state index >= 15 is 0 Å². The highest BCUT2D eigenvalue weighted by atomic mass is 16.7. The Morgan fingerprint density at radius 1 is 1.26 bits per heavy atom. The van der Waals surface area contributed by atoms with Gasteiger partial charge in [0.2, 0.25) is 5.91 Å². The van der Waals surface area contributed by atoms with E-state index in [0.29, 0.717) is 5.56 Å². The van der Waals surface area contributed by atoms with Crippen LogP contribution in [0.4, 0.5) is 0 Å². The van der Waals surface area contributed by atoms with E-state index < -0.39 is 61.1 Å². The van der Waals surface area contributed by atoms with Crippen molar-refractivity contribution in [3.63, 3.8) is 0 Å². The number of amides is 1. The summed E-state index contributed by atoms with van der Waals surface area (Å²) < 4.78 is 5.01. The molecule has 6 atom stereocenters. The average molecular weight is 385 g/mol. The van der Waals surface area contributed by atoms with Crippen molar-refractivity contribution in [1.29, 1.82) is 0 Å². The van der Waals surface area contributed by atoms with Crippen LogP contribution in [-0.4, -0.2) is 85.4 Å². The second kappa shape index (κ2) is 8.74. The minimum Gasteiger partial charge on any atom is -0.477 e. The zero-order valence-electron chi connectivity index (χ0n) is 14.3. The number of aliphatic hydroxyl groups excluding tert-OH is 4.